The zero-order chi connectivity index (χ0) is 16.3. The van der Waals surface area contributed by atoms with Crippen molar-refractivity contribution in [2.24, 2.45) is 4.99 Å². The van der Waals surface area contributed by atoms with Crippen LogP contribution in [0, 0.1) is 10.1 Å². The minimum atomic E-state index is -1.12. The molecule has 2 atom stereocenters. The molecule has 0 radical (unpaired) electrons. The molecule has 0 N–H and O–H groups in total. The predicted octanol–water partition coefficient (Wildman–Crippen LogP) is 1.96. The van der Waals surface area contributed by atoms with Gasteiger partial charge in [-0.05, 0) is 24.6 Å². The first-order valence-corrected chi connectivity index (χ1v) is 6.60. The second kappa shape index (κ2) is 6.38. The highest BCUT2D eigenvalue weighted by atomic mass is 16.6. The molecule has 0 saturated carbocycles. The minimum absolute atomic E-state index is 0.205. The van der Waals surface area contributed by atoms with Crippen molar-refractivity contribution in [3.8, 4) is 5.75 Å². The summed E-state index contributed by atoms with van der Waals surface area (Å²) >= 11 is 0. The first-order valence-electron chi connectivity index (χ1n) is 6.60. The van der Waals surface area contributed by atoms with E-state index in [2.05, 4.69) is 4.99 Å². The highest BCUT2D eigenvalue weighted by molar-refractivity contribution is 5.93. The van der Waals surface area contributed by atoms with Gasteiger partial charge in [-0.25, -0.2) is 4.79 Å². The molecule has 1 heterocycles. The van der Waals surface area contributed by atoms with Gasteiger partial charge in [0, 0.05) is 10.6 Å². The van der Waals surface area contributed by atoms with Gasteiger partial charge in [-0.2, -0.15) is 0 Å². The third-order valence-electron chi connectivity index (χ3n) is 3.59. The molecule has 1 aromatic rings. The van der Waals surface area contributed by atoms with Gasteiger partial charge in [0.25, 0.3) is 6.04 Å². The van der Waals surface area contributed by atoms with Crippen molar-refractivity contribution in [2.45, 2.75) is 18.9 Å². The number of aliphatic imine (C=N–C) groups is 1. The van der Waals surface area contributed by atoms with Crippen LogP contribution in [-0.4, -0.2) is 37.4 Å². The van der Waals surface area contributed by atoms with Crippen molar-refractivity contribution >= 4 is 12.2 Å². The average molecular weight is 304 g/mol. The number of methoxy groups -OCH3 is 2. The van der Waals surface area contributed by atoms with Crippen molar-refractivity contribution in [1.29, 1.82) is 0 Å². The molecule has 0 bridgehead atoms. The van der Waals surface area contributed by atoms with Gasteiger partial charge in [-0.1, -0.05) is 12.1 Å². The van der Waals surface area contributed by atoms with E-state index in [4.69, 9.17) is 9.47 Å². The highest BCUT2D eigenvalue weighted by Gasteiger charge is 2.41. The second-order valence-corrected chi connectivity index (χ2v) is 4.80. The minimum Gasteiger partial charge on any atom is -0.497 e. The number of benzene rings is 1. The zero-order valence-corrected chi connectivity index (χ0v) is 12.5. The van der Waals surface area contributed by atoms with Crippen molar-refractivity contribution in [3.63, 3.8) is 0 Å². The Hall–Kier alpha value is -2.70. The van der Waals surface area contributed by atoms with E-state index in [1.165, 1.54) is 20.4 Å². The molecule has 0 aromatic heterocycles. The summed E-state index contributed by atoms with van der Waals surface area (Å²) in [6.45, 7) is 1.63. The van der Waals surface area contributed by atoms with Crippen molar-refractivity contribution in [2.75, 3.05) is 14.2 Å². The number of nitro groups is 1. The smallest absolute Gasteiger partial charge is 0.336 e. The number of allylic oxidation sites excluding steroid dienone is 1. The van der Waals surface area contributed by atoms with Gasteiger partial charge < -0.3 is 9.47 Å². The molecule has 0 spiro atoms. The molecule has 1 aliphatic rings. The lowest BCUT2D eigenvalue weighted by Crippen LogP contribution is -2.35. The van der Waals surface area contributed by atoms with Gasteiger partial charge >= 0.3 is 5.97 Å². The molecule has 0 saturated heterocycles. The normalized spacial score (nSPS) is 20.7. The Balaban J connectivity index is 2.54. The molecule has 116 valence electrons. The molecule has 0 aliphatic carbocycles. The summed E-state index contributed by atoms with van der Waals surface area (Å²) in [6.07, 6.45) is 1.26. The quantitative estimate of drug-likeness (QED) is 0.481. The van der Waals surface area contributed by atoms with E-state index in [1.807, 2.05) is 0 Å². The fourth-order valence-corrected chi connectivity index (χ4v) is 2.48. The maximum atomic E-state index is 12.1. The Labute approximate surface area is 127 Å². The number of hydrogen-bond acceptors (Lipinski definition) is 6. The predicted molar refractivity (Wildman–Crippen MR) is 79.7 cm³/mol. The number of rotatable bonds is 4. The van der Waals surface area contributed by atoms with Crippen LogP contribution in [0.4, 0.5) is 0 Å². The van der Waals surface area contributed by atoms with E-state index in [1.54, 1.807) is 31.2 Å². The molecule has 22 heavy (non-hydrogen) atoms. The molecule has 0 fully saturated rings. The van der Waals surface area contributed by atoms with E-state index in [0.717, 1.165) is 0 Å². The Morgan fingerprint density at radius 2 is 1.91 bits per heavy atom. The summed E-state index contributed by atoms with van der Waals surface area (Å²) in [7, 11) is 2.78. The number of hydrogen-bond donors (Lipinski definition) is 0. The molecular weight excluding hydrogens is 288 g/mol. The van der Waals surface area contributed by atoms with E-state index < -0.39 is 22.9 Å². The first kappa shape index (κ1) is 15.7. The van der Waals surface area contributed by atoms with Crippen molar-refractivity contribution in [3.05, 3.63) is 51.2 Å². The summed E-state index contributed by atoms with van der Waals surface area (Å²) in [5, 5.41) is 11.3. The summed E-state index contributed by atoms with van der Waals surface area (Å²) in [6, 6.07) is 5.68. The van der Waals surface area contributed by atoms with Crippen LogP contribution < -0.4 is 4.74 Å². The third kappa shape index (κ3) is 2.83. The summed E-state index contributed by atoms with van der Waals surface area (Å²) in [5.74, 6) is -0.723. The van der Waals surface area contributed by atoms with Gasteiger partial charge in [0.15, 0.2) is 0 Å². The van der Waals surface area contributed by atoms with Crippen LogP contribution in [0.1, 0.15) is 18.4 Å². The number of nitrogens with zero attached hydrogens (tertiary/aromatic N) is 2. The number of ether oxygens (including phenoxy) is 2. The van der Waals surface area contributed by atoms with E-state index in [9.17, 15) is 14.9 Å². The molecule has 2 rings (SSSR count). The monoisotopic (exact) mass is 304 g/mol. The molecule has 0 amide bonds. The number of carbonyl (C=O) groups is 1. The lowest BCUT2D eigenvalue weighted by atomic mass is 9.83. The molecule has 1 aromatic carbocycles. The maximum absolute atomic E-state index is 12.1. The van der Waals surface area contributed by atoms with Crippen LogP contribution in [0.25, 0.3) is 0 Å². The summed E-state index contributed by atoms with van der Waals surface area (Å²) in [5.41, 5.74) is 1.26. The van der Waals surface area contributed by atoms with Gasteiger partial charge in [0.05, 0.1) is 31.9 Å². The standard InChI is InChI=1S/C15H16N2O5/c1-9-13(15(18)22-3)14(12(8-16-9)17(19)20)10-4-6-11(21-2)7-5-10/h4-8,12,14H,1-3H3/t12?,14-/m0/s1. The van der Waals surface area contributed by atoms with Gasteiger partial charge in [0.1, 0.15) is 5.75 Å². The maximum Gasteiger partial charge on any atom is 0.336 e. The molecule has 1 unspecified atom stereocenters. The Morgan fingerprint density at radius 3 is 2.41 bits per heavy atom. The zero-order valence-electron chi connectivity index (χ0n) is 12.5. The Kier molecular flexibility index (Phi) is 4.55. The van der Waals surface area contributed by atoms with E-state index in [0.29, 0.717) is 17.0 Å². The summed E-state index contributed by atoms with van der Waals surface area (Å²) < 4.78 is 9.85. The van der Waals surface area contributed by atoms with Gasteiger partial charge in [-0.3, -0.25) is 15.1 Å². The summed E-state index contributed by atoms with van der Waals surface area (Å²) in [4.78, 5) is 26.9. The lowest BCUT2D eigenvalue weighted by Gasteiger charge is -2.24. The van der Waals surface area contributed by atoms with Crippen LogP contribution in [0.15, 0.2) is 40.5 Å². The second-order valence-electron chi connectivity index (χ2n) is 4.80. The fourth-order valence-electron chi connectivity index (χ4n) is 2.48. The van der Waals surface area contributed by atoms with Crippen LogP contribution >= 0.6 is 0 Å². The van der Waals surface area contributed by atoms with E-state index >= 15 is 0 Å². The van der Waals surface area contributed by atoms with Crippen molar-refractivity contribution in [1.82, 2.24) is 0 Å². The Morgan fingerprint density at radius 1 is 1.27 bits per heavy atom. The van der Waals surface area contributed by atoms with Gasteiger partial charge in [-0.15, -0.1) is 0 Å². The number of carbonyl (C=O) groups excluding carboxylic acids is 1. The largest absolute Gasteiger partial charge is 0.497 e. The first-order chi connectivity index (χ1) is 10.5. The van der Waals surface area contributed by atoms with Crippen LogP contribution in [0.5, 0.6) is 5.75 Å². The molecule has 7 heteroatoms. The lowest BCUT2D eigenvalue weighted by molar-refractivity contribution is -0.504. The average Bonchev–Trinajstić information content (AvgIpc) is 2.53. The van der Waals surface area contributed by atoms with Crippen molar-refractivity contribution < 1.29 is 19.2 Å². The van der Waals surface area contributed by atoms with Gasteiger partial charge in [0.2, 0.25) is 0 Å². The topological polar surface area (TPSA) is 91.0 Å². The third-order valence-corrected chi connectivity index (χ3v) is 3.59. The molecule has 7 nitrogen and oxygen atoms in total. The Bertz CT molecular complexity index is 648. The SMILES string of the molecule is COC(=O)C1=C(C)N=CC([N+](=O)[O-])[C@@H]1c1ccc(OC)cc1. The van der Waals surface area contributed by atoms with E-state index in [-0.39, 0.29) is 5.57 Å². The fraction of sp³-hybridized carbons (Fsp3) is 0.333. The highest BCUT2D eigenvalue weighted by Crippen LogP contribution is 2.35. The van der Waals surface area contributed by atoms with Crippen LogP contribution in [-0.2, 0) is 9.53 Å². The molecular formula is C15H16N2O5. The van der Waals surface area contributed by atoms with Crippen LogP contribution in [0.2, 0.25) is 0 Å². The van der Waals surface area contributed by atoms with Crippen LogP contribution in [0.3, 0.4) is 0 Å². The number of esters is 1. The molecule has 1 aliphatic heterocycles.